The number of hydrogen-bond donors (Lipinski definition) is 1. The van der Waals surface area contributed by atoms with Gasteiger partial charge in [-0.15, -0.1) is 12.4 Å². The zero-order valence-electron chi connectivity index (χ0n) is 11.7. The Bertz CT molecular complexity index is 359. The van der Waals surface area contributed by atoms with Crippen LogP contribution in [0.5, 0.6) is 0 Å². The number of hydrogen-bond acceptors (Lipinski definition) is 2. The van der Waals surface area contributed by atoms with Crippen molar-refractivity contribution in [2.45, 2.75) is 39.3 Å². The van der Waals surface area contributed by atoms with Crippen molar-refractivity contribution in [1.29, 1.82) is 0 Å². The average molecular weight is 269 g/mol. The number of likely N-dealkylation sites (N-methyl/N-ethyl adjacent to an activating group) is 1. The van der Waals surface area contributed by atoms with Crippen LogP contribution in [0.25, 0.3) is 0 Å². The van der Waals surface area contributed by atoms with E-state index < -0.39 is 0 Å². The van der Waals surface area contributed by atoms with Crippen molar-refractivity contribution in [3.63, 3.8) is 0 Å². The topological polar surface area (TPSA) is 15.3 Å². The molecule has 0 saturated carbocycles. The molecule has 1 unspecified atom stereocenters. The summed E-state index contributed by atoms with van der Waals surface area (Å²) in [6.07, 6.45) is 2.64. The van der Waals surface area contributed by atoms with Gasteiger partial charge in [0, 0.05) is 19.1 Å². The number of nitrogens with zero attached hydrogens (tertiary/aromatic N) is 1. The predicted octanol–water partition coefficient (Wildman–Crippen LogP) is 2.91. The molecule has 0 aromatic heterocycles. The van der Waals surface area contributed by atoms with E-state index in [1.807, 2.05) is 0 Å². The molecule has 2 nitrogen and oxygen atoms in total. The predicted molar refractivity (Wildman–Crippen MR) is 80.5 cm³/mol. The fourth-order valence-corrected chi connectivity index (χ4v) is 2.76. The van der Waals surface area contributed by atoms with Gasteiger partial charge in [-0.05, 0) is 57.0 Å². The number of piperidine rings is 1. The van der Waals surface area contributed by atoms with Gasteiger partial charge >= 0.3 is 0 Å². The van der Waals surface area contributed by atoms with E-state index in [1.54, 1.807) is 0 Å². The average Bonchev–Trinajstić information content (AvgIpc) is 2.34. The van der Waals surface area contributed by atoms with Crippen LogP contribution in [-0.4, -0.2) is 31.1 Å². The van der Waals surface area contributed by atoms with Gasteiger partial charge in [0.05, 0.1) is 0 Å². The molecule has 0 amide bonds. The van der Waals surface area contributed by atoms with Crippen LogP contribution < -0.4 is 5.32 Å². The SMILES string of the molecule is CNC1CCCN(Cc2c(C)cccc2C)C1.Cl. The van der Waals surface area contributed by atoms with Gasteiger partial charge in [0.15, 0.2) is 0 Å². The summed E-state index contributed by atoms with van der Waals surface area (Å²) in [5, 5.41) is 3.41. The summed E-state index contributed by atoms with van der Waals surface area (Å²) in [4.78, 5) is 2.58. The smallest absolute Gasteiger partial charge is 0.0239 e. The van der Waals surface area contributed by atoms with E-state index in [9.17, 15) is 0 Å². The Morgan fingerprint density at radius 3 is 2.56 bits per heavy atom. The van der Waals surface area contributed by atoms with E-state index in [0.29, 0.717) is 6.04 Å². The second-order valence-corrected chi connectivity index (χ2v) is 5.23. The van der Waals surface area contributed by atoms with Gasteiger partial charge < -0.3 is 5.32 Å². The Balaban J connectivity index is 0.00000162. The molecule has 3 heteroatoms. The fraction of sp³-hybridized carbons (Fsp3) is 0.600. The van der Waals surface area contributed by atoms with Gasteiger partial charge in [0.25, 0.3) is 0 Å². The lowest BCUT2D eigenvalue weighted by Gasteiger charge is -2.33. The first-order valence-corrected chi connectivity index (χ1v) is 6.65. The third-order valence-electron chi connectivity index (χ3n) is 3.94. The maximum atomic E-state index is 3.41. The Morgan fingerprint density at radius 2 is 1.94 bits per heavy atom. The Labute approximate surface area is 117 Å². The molecule has 1 aromatic rings. The summed E-state index contributed by atoms with van der Waals surface area (Å²) < 4.78 is 0. The molecular weight excluding hydrogens is 244 g/mol. The quantitative estimate of drug-likeness (QED) is 0.907. The molecule has 0 aliphatic carbocycles. The second kappa shape index (κ2) is 7.13. The summed E-state index contributed by atoms with van der Waals surface area (Å²) in [6.45, 7) is 7.98. The van der Waals surface area contributed by atoms with Crippen LogP contribution >= 0.6 is 12.4 Å². The second-order valence-electron chi connectivity index (χ2n) is 5.23. The van der Waals surface area contributed by atoms with Crippen molar-refractivity contribution in [3.05, 3.63) is 34.9 Å². The lowest BCUT2D eigenvalue weighted by atomic mass is 10.00. The van der Waals surface area contributed by atoms with Gasteiger partial charge in [0.1, 0.15) is 0 Å². The van der Waals surface area contributed by atoms with E-state index in [2.05, 4.69) is 49.3 Å². The molecule has 1 aliphatic rings. The Hall–Kier alpha value is -0.570. The van der Waals surface area contributed by atoms with Gasteiger partial charge in [0.2, 0.25) is 0 Å². The maximum absolute atomic E-state index is 3.41. The molecule has 2 rings (SSSR count). The fourth-order valence-electron chi connectivity index (χ4n) is 2.76. The monoisotopic (exact) mass is 268 g/mol. The molecule has 1 atom stereocenters. The van der Waals surface area contributed by atoms with Crippen molar-refractivity contribution < 1.29 is 0 Å². The minimum Gasteiger partial charge on any atom is -0.316 e. The highest BCUT2D eigenvalue weighted by molar-refractivity contribution is 5.85. The van der Waals surface area contributed by atoms with Crippen LogP contribution in [-0.2, 0) is 6.54 Å². The standard InChI is InChI=1S/C15H24N2.ClH/c1-12-6-4-7-13(2)15(12)11-17-9-5-8-14(10-17)16-3;/h4,6-7,14,16H,5,8-11H2,1-3H3;1H. The summed E-state index contributed by atoms with van der Waals surface area (Å²) in [6, 6.07) is 7.28. The number of nitrogens with one attached hydrogen (secondary N) is 1. The molecule has 1 aromatic carbocycles. The van der Waals surface area contributed by atoms with E-state index in [-0.39, 0.29) is 12.4 Å². The number of aryl methyl sites for hydroxylation is 2. The summed E-state index contributed by atoms with van der Waals surface area (Å²) >= 11 is 0. The van der Waals surface area contributed by atoms with E-state index in [0.717, 1.165) is 6.54 Å². The first kappa shape index (κ1) is 15.5. The van der Waals surface area contributed by atoms with Crippen LogP contribution in [0.15, 0.2) is 18.2 Å². The first-order valence-electron chi connectivity index (χ1n) is 6.65. The van der Waals surface area contributed by atoms with Crippen LogP contribution in [0.1, 0.15) is 29.5 Å². The molecule has 1 aliphatic heterocycles. The van der Waals surface area contributed by atoms with E-state index >= 15 is 0 Å². The van der Waals surface area contributed by atoms with Crippen LogP contribution in [0, 0.1) is 13.8 Å². The maximum Gasteiger partial charge on any atom is 0.0239 e. The van der Waals surface area contributed by atoms with E-state index in [1.165, 1.54) is 42.6 Å². The normalized spacial score (nSPS) is 20.5. The number of likely N-dealkylation sites (tertiary alicyclic amines) is 1. The molecular formula is C15H25ClN2. The Kier molecular flexibility index (Phi) is 6.13. The molecule has 1 fully saturated rings. The van der Waals surface area contributed by atoms with Gasteiger partial charge in [-0.1, -0.05) is 18.2 Å². The Morgan fingerprint density at radius 1 is 1.28 bits per heavy atom. The number of rotatable bonds is 3. The largest absolute Gasteiger partial charge is 0.316 e. The highest BCUT2D eigenvalue weighted by Gasteiger charge is 2.19. The van der Waals surface area contributed by atoms with Gasteiger partial charge in [-0.25, -0.2) is 0 Å². The van der Waals surface area contributed by atoms with Crippen molar-refractivity contribution in [2.24, 2.45) is 0 Å². The van der Waals surface area contributed by atoms with Crippen molar-refractivity contribution in [3.8, 4) is 0 Å². The minimum absolute atomic E-state index is 0. The highest BCUT2D eigenvalue weighted by Crippen LogP contribution is 2.18. The lowest BCUT2D eigenvalue weighted by Crippen LogP contribution is -2.44. The third kappa shape index (κ3) is 3.71. The molecule has 1 heterocycles. The van der Waals surface area contributed by atoms with Gasteiger partial charge in [-0.2, -0.15) is 0 Å². The first-order chi connectivity index (χ1) is 8.20. The molecule has 1 saturated heterocycles. The minimum atomic E-state index is 0. The third-order valence-corrected chi connectivity index (χ3v) is 3.94. The van der Waals surface area contributed by atoms with E-state index in [4.69, 9.17) is 0 Å². The zero-order chi connectivity index (χ0) is 12.3. The van der Waals surface area contributed by atoms with Gasteiger partial charge in [-0.3, -0.25) is 4.90 Å². The number of benzene rings is 1. The van der Waals surface area contributed by atoms with Crippen LogP contribution in [0.4, 0.5) is 0 Å². The van der Waals surface area contributed by atoms with Crippen LogP contribution in [0.3, 0.4) is 0 Å². The van der Waals surface area contributed by atoms with Crippen LogP contribution in [0.2, 0.25) is 0 Å². The molecule has 102 valence electrons. The molecule has 0 bridgehead atoms. The molecule has 0 spiro atoms. The molecule has 0 radical (unpaired) electrons. The summed E-state index contributed by atoms with van der Waals surface area (Å²) in [7, 11) is 2.08. The molecule has 18 heavy (non-hydrogen) atoms. The summed E-state index contributed by atoms with van der Waals surface area (Å²) in [5.74, 6) is 0. The zero-order valence-corrected chi connectivity index (χ0v) is 12.5. The number of halogens is 1. The molecule has 1 N–H and O–H groups in total. The van der Waals surface area contributed by atoms with Crippen molar-refractivity contribution in [2.75, 3.05) is 20.1 Å². The van der Waals surface area contributed by atoms with Crippen molar-refractivity contribution in [1.82, 2.24) is 10.2 Å². The lowest BCUT2D eigenvalue weighted by molar-refractivity contribution is 0.187. The van der Waals surface area contributed by atoms with Crippen molar-refractivity contribution >= 4 is 12.4 Å². The highest BCUT2D eigenvalue weighted by atomic mass is 35.5. The summed E-state index contributed by atoms with van der Waals surface area (Å²) in [5.41, 5.74) is 4.37.